The summed E-state index contributed by atoms with van der Waals surface area (Å²) >= 11 is 0. The SMILES string of the molecule is CC(C)c1ccc2oc3cc(N(c4ccc5c(c4)oc4ccc(-c6ccccc6)cc45)c4cc5ccccc5c5ccccc45)ccc3c2c1.CC(C)c1ccc2oc3cc(N(c4ccc5c(c4)oc4ccccc45)c4cc5ccccc5c5ccccc45)ccc3c2c1.CCc1ccc2oc3cc(N(c4ccc5c(c4)oc4ccccc45)c4cc5ccccc5c5ccccc45)ccc3c2c1. The van der Waals surface area contributed by atoms with Gasteiger partial charge in [-0.3, -0.25) is 0 Å². The van der Waals surface area contributed by atoms with Crippen LogP contribution in [0, 0.1) is 0 Å². The first-order valence-electron chi connectivity index (χ1n) is 47.3. The van der Waals surface area contributed by atoms with Crippen molar-refractivity contribution in [2.24, 2.45) is 0 Å². The normalized spacial score (nSPS) is 12.0. The van der Waals surface area contributed by atoms with E-state index in [1.165, 1.54) is 92.5 Å². The van der Waals surface area contributed by atoms with Crippen molar-refractivity contribution in [1.82, 2.24) is 0 Å². The molecule has 0 radical (unpaired) electrons. The van der Waals surface area contributed by atoms with Crippen molar-refractivity contribution in [3.63, 3.8) is 0 Å². The van der Waals surface area contributed by atoms with Crippen LogP contribution in [0.5, 0.6) is 0 Å². The van der Waals surface area contributed by atoms with Gasteiger partial charge in [-0.05, 0) is 246 Å². The zero-order valence-electron chi connectivity index (χ0n) is 76.1. The molecule has 6 aromatic heterocycles. The molecule has 0 aliphatic heterocycles. The molecule has 6 heterocycles. The van der Waals surface area contributed by atoms with E-state index in [4.69, 9.17) is 26.5 Å². The number of furan rings is 6. The standard InChI is InChI=1S/C47H33NO2.C41H29NO2.C40H27NO2/c1-29(2)31-16-22-44-41(24-31)39-20-18-34(27-46(39)49-44)48(43-26-33-12-6-7-13-36(33)37-14-8-9-15-38(37)43)35-19-21-40-42-25-32(30-10-4-3-5-11-30)17-23-45(42)50-47(40)28-35;1-25(2)26-15-20-39-36(21-26)35-19-17-29(24-41(35)44-39)42(28-16-18-34-33-13-7-8-14-38(33)43-40(34)23-28)37-22-27-9-3-4-10-30(27)31-11-5-6-12-32(31)37;1-2-25-15-20-38-35(21-25)34-19-17-28(24-40(34)43-38)41(27-16-18-33-32-13-7-8-14-37(32)42-39(33)23-27)36-22-26-9-3-4-10-29(26)30-11-5-6-12-31(30)36/h3-29H,1-2H3;3-25H,1-2H3;3-24H,2H2,1H3. The van der Waals surface area contributed by atoms with Gasteiger partial charge in [0.05, 0.1) is 17.1 Å². The number of aryl methyl sites for hydroxylation is 1. The molecule has 0 bridgehead atoms. The summed E-state index contributed by atoms with van der Waals surface area (Å²) in [6, 6.07) is 151. The topological polar surface area (TPSA) is 88.6 Å². The predicted octanol–water partition coefficient (Wildman–Crippen LogP) is 38.3. The Morgan fingerprint density at radius 3 is 0.766 bits per heavy atom. The molecule has 9 heteroatoms. The summed E-state index contributed by atoms with van der Waals surface area (Å²) in [5.74, 6) is 0.895. The van der Waals surface area contributed by atoms with E-state index in [9.17, 15) is 0 Å². The monoisotopic (exact) mass is 1760 g/mol. The molecule has 0 unspecified atom stereocenters. The first kappa shape index (κ1) is 80.5. The number of benzene rings is 22. The lowest BCUT2D eigenvalue weighted by Gasteiger charge is -2.27. The first-order valence-corrected chi connectivity index (χ1v) is 47.3. The fourth-order valence-corrected chi connectivity index (χ4v) is 21.1. The highest BCUT2D eigenvalue weighted by Crippen LogP contribution is 2.51. The van der Waals surface area contributed by atoms with E-state index >= 15 is 0 Å². The number of anilines is 9. The van der Waals surface area contributed by atoms with Gasteiger partial charge in [0.25, 0.3) is 0 Å². The third-order valence-corrected chi connectivity index (χ3v) is 28.0. The Kier molecular flexibility index (Phi) is 19.1. The van der Waals surface area contributed by atoms with E-state index < -0.39 is 0 Å². The summed E-state index contributed by atoms with van der Waals surface area (Å²) in [5.41, 5.74) is 26.3. The molecule has 0 aliphatic rings. The van der Waals surface area contributed by atoms with Gasteiger partial charge in [-0.15, -0.1) is 0 Å². The molecule has 0 spiro atoms. The fourth-order valence-electron chi connectivity index (χ4n) is 21.1. The van der Waals surface area contributed by atoms with Crippen LogP contribution in [0.3, 0.4) is 0 Å². The Balaban J connectivity index is 0.000000107. The average molecular weight is 1770 g/mol. The highest BCUT2D eigenvalue weighted by atomic mass is 16.3. The van der Waals surface area contributed by atoms with Gasteiger partial charge in [-0.1, -0.05) is 271 Å². The summed E-state index contributed by atoms with van der Waals surface area (Å²) < 4.78 is 38.7. The lowest BCUT2D eigenvalue weighted by molar-refractivity contribution is 0.668. The quantitative estimate of drug-likeness (QED) is 0.105. The van der Waals surface area contributed by atoms with Crippen LogP contribution in [0.4, 0.5) is 51.2 Å². The van der Waals surface area contributed by atoms with E-state index in [0.29, 0.717) is 11.8 Å². The maximum atomic E-state index is 6.56. The first-order chi connectivity index (χ1) is 67.5. The molecule has 22 aromatic carbocycles. The highest BCUT2D eigenvalue weighted by Gasteiger charge is 2.27. The molecule has 137 heavy (non-hydrogen) atoms. The molecule has 0 saturated carbocycles. The van der Waals surface area contributed by atoms with Crippen molar-refractivity contribution in [2.75, 3.05) is 14.7 Å². The molecule has 0 saturated heterocycles. The highest BCUT2D eigenvalue weighted by molar-refractivity contribution is 6.21. The summed E-state index contributed by atoms with van der Waals surface area (Å²) in [7, 11) is 0. The van der Waals surface area contributed by atoms with Crippen molar-refractivity contribution >= 4 is 247 Å². The second-order valence-corrected chi connectivity index (χ2v) is 36.8. The van der Waals surface area contributed by atoms with Crippen LogP contribution in [0.1, 0.15) is 63.1 Å². The van der Waals surface area contributed by atoms with E-state index in [1.807, 2.05) is 24.3 Å². The second-order valence-electron chi connectivity index (χ2n) is 36.8. The van der Waals surface area contributed by atoms with E-state index in [0.717, 1.165) is 189 Å². The van der Waals surface area contributed by atoms with Gasteiger partial charge in [0, 0.05) is 151 Å². The predicted molar refractivity (Wildman–Crippen MR) is 575 cm³/mol. The van der Waals surface area contributed by atoms with E-state index in [-0.39, 0.29) is 0 Å². The third-order valence-electron chi connectivity index (χ3n) is 28.0. The Hall–Kier alpha value is -17.4. The van der Waals surface area contributed by atoms with Gasteiger partial charge in [0.15, 0.2) is 0 Å². The van der Waals surface area contributed by atoms with Crippen molar-refractivity contribution in [2.45, 2.75) is 52.9 Å². The number of hydrogen-bond acceptors (Lipinski definition) is 9. The molecule has 0 amide bonds. The lowest BCUT2D eigenvalue weighted by atomic mass is 9.98. The fraction of sp³-hybridized carbons (Fsp3) is 0.0625. The number of para-hydroxylation sites is 2. The van der Waals surface area contributed by atoms with Crippen LogP contribution in [0.25, 0.3) is 207 Å². The number of rotatable bonds is 13. The minimum atomic E-state index is 0.443. The van der Waals surface area contributed by atoms with Crippen LogP contribution in [-0.2, 0) is 6.42 Å². The molecule has 0 N–H and O–H groups in total. The molecule has 0 aliphatic carbocycles. The van der Waals surface area contributed by atoms with Crippen LogP contribution < -0.4 is 14.7 Å². The van der Waals surface area contributed by atoms with Crippen LogP contribution in [0.15, 0.2) is 451 Å². The van der Waals surface area contributed by atoms with Crippen molar-refractivity contribution in [3.8, 4) is 11.1 Å². The Morgan fingerprint density at radius 1 is 0.175 bits per heavy atom. The summed E-state index contributed by atoms with van der Waals surface area (Å²) in [4.78, 5) is 7.03. The maximum absolute atomic E-state index is 6.56. The molecule has 0 atom stereocenters. The second kappa shape index (κ2) is 32.5. The lowest BCUT2D eigenvalue weighted by Crippen LogP contribution is -2.10. The van der Waals surface area contributed by atoms with Gasteiger partial charge < -0.3 is 41.2 Å². The van der Waals surface area contributed by atoms with Crippen molar-refractivity contribution in [3.05, 3.63) is 441 Å². The van der Waals surface area contributed by atoms with E-state index in [2.05, 4.69) is 450 Å². The molecular weight excluding hydrogens is 1680 g/mol. The third kappa shape index (κ3) is 13.7. The number of nitrogens with zero attached hydrogens (tertiary/aromatic N) is 3. The van der Waals surface area contributed by atoms with Crippen LogP contribution in [-0.4, -0.2) is 0 Å². The van der Waals surface area contributed by atoms with Gasteiger partial charge in [-0.25, -0.2) is 0 Å². The zero-order valence-corrected chi connectivity index (χ0v) is 76.1. The number of fused-ring (bicyclic) bond motifs is 27. The maximum Gasteiger partial charge on any atom is 0.137 e. The van der Waals surface area contributed by atoms with Crippen LogP contribution >= 0.6 is 0 Å². The Morgan fingerprint density at radius 2 is 0.431 bits per heavy atom. The smallest absolute Gasteiger partial charge is 0.137 e. The minimum Gasteiger partial charge on any atom is -0.456 e. The van der Waals surface area contributed by atoms with Gasteiger partial charge in [0.1, 0.15) is 67.0 Å². The number of hydrogen-bond donors (Lipinski definition) is 0. The van der Waals surface area contributed by atoms with Gasteiger partial charge in [-0.2, -0.15) is 0 Å². The van der Waals surface area contributed by atoms with Gasteiger partial charge in [0.2, 0.25) is 0 Å². The molecule has 0 fully saturated rings. The summed E-state index contributed by atoms with van der Waals surface area (Å²) in [6.45, 7) is 11.1. The Labute approximate surface area is 788 Å². The largest absolute Gasteiger partial charge is 0.456 e. The molecule has 652 valence electrons. The zero-order chi connectivity index (χ0) is 91.2. The van der Waals surface area contributed by atoms with Crippen molar-refractivity contribution in [1.29, 1.82) is 0 Å². The van der Waals surface area contributed by atoms with Crippen LogP contribution in [0.2, 0.25) is 0 Å². The summed E-state index contributed by atoms with van der Waals surface area (Å²) in [6.07, 6.45) is 0.994. The van der Waals surface area contributed by atoms with E-state index in [1.54, 1.807) is 0 Å². The molecule has 28 aromatic rings. The summed E-state index contributed by atoms with van der Waals surface area (Å²) in [5, 5.41) is 28.0. The average Bonchev–Trinajstić information content (AvgIpc) is 1.73. The van der Waals surface area contributed by atoms with Gasteiger partial charge >= 0.3 is 0 Å². The minimum absolute atomic E-state index is 0.443. The Bertz CT molecular complexity index is 9740. The molecule has 9 nitrogen and oxygen atoms in total. The molecular formula is C128H89N3O6. The van der Waals surface area contributed by atoms with Crippen molar-refractivity contribution < 1.29 is 26.5 Å². The molecule has 28 rings (SSSR count).